The van der Waals surface area contributed by atoms with Gasteiger partial charge in [0, 0.05) is 0 Å². The first-order valence-corrected chi connectivity index (χ1v) is 23.8. The molecule has 0 bridgehead atoms. The Morgan fingerprint density at radius 1 is 0.534 bits per heavy atom. The van der Waals surface area contributed by atoms with Gasteiger partial charge in [-0.25, -0.2) is 33.7 Å². The van der Waals surface area contributed by atoms with Crippen LogP contribution in [0.5, 0.6) is 0 Å². The van der Waals surface area contributed by atoms with E-state index in [1.165, 1.54) is 0 Å². The minimum atomic E-state index is -6.15. The van der Waals surface area contributed by atoms with Gasteiger partial charge in [0.05, 0.1) is 13.2 Å². The van der Waals surface area contributed by atoms with Crippen molar-refractivity contribution < 1.29 is 139 Å². The quantitative estimate of drug-likeness (QED) is 0.0483. The van der Waals surface area contributed by atoms with E-state index >= 15 is 0 Å². The fourth-order valence-corrected chi connectivity index (χ4v) is 8.68. The van der Waals surface area contributed by atoms with E-state index in [1.807, 2.05) is 0 Å². The van der Waals surface area contributed by atoms with Gasteiger partial charge >= 0.3 is 72.8 Å². The summed E-state index contributed by atoms with van der Waals surface area (Å²) in [6.07, 6.45) is -27.5. The predicted octanol–water partition coefficient (Wildman–Crippen LogP) is -4.00. The molecule has 1 aromatic carbocycles. The van der Waals surface area contributed by atoms with Crippen molar-refractivity contribution >= 4 is 85.4 Å². The highest BCUT2D eigenvalue weighted by Crippen LogP contribution is 2.47. The zero-order chi connectivity index (χ0) is 44.7. The highest BCUT2D eigenvalue weighted by Gasteiger charge is 2.62. The lowest BCUT2D eigenvalue weighted by molar-refractivity contribution is -0.333. The SMILES string of the molecule is O=S(=O)(O)OC[C@H]1O[C@H](O[C@H]2[C@H](OS(=O)(=O)O)[C@@H](OS(=O)(=O)O)[C@@](S)(c3ccc(F)cc3)O[C@@H]2COS(=O)(=O)O)[C@H](OS(=O)(=O)O)[C@@H](OS(=O)(=O)O)[C@@H]1OS(=O)(=O)O. The van der Waals surface area contributed by atoms with E-state index < -0.39 is 157 Å². The maximum atomic E-state index is 13.9. The van der Waals surface area contributed by atoms with Crippen LogP contribution in [-0.4, -0.2) is 159 Å². The van der Waals surface area contributed by atoms with Gasteiger partial charge in [0.15, 0.2) is 23.4 Å². The van der Waals surface area contributed by atoms with Crippen molar-refractivity contribution in [3.63, 3.8) is 0 Å². The van der Waals surface area contributed by atoms with Crippen LogP contribution in [0.2, 0.25) is 0 Å². The number of thiol groups is 1. The Bertz CT molecular complexity index is 2420. The lowest BCUT2D eigenvalue weighted by Crippen LogP contribution is -2.68. The van der Waals surface area contributed by atoms with Gasteiger partial charge < -0.3 is 14.2 Å². The molecular formula is C18H25FO31S8. The summed E-state index contributed by atoms with van der Waals surface area (Å²) >= 11 is 4.07. The van der Waals surface area contributed by atoms with Crippen molar-refractivity contribution in [1.29, 1.82) is 0 Å². The van der Waals surface area contributed by atoms with Gasteiger partial charge in [0.1, 0.15) is 42.4 Å². The van der Waals surface area contributed by atoms with Crippen molar-refractivity contribution in [3.8, 4) is 0 Å². The summed E-state index contributed by atoms with van der Waals surface area (Å²) in [5.41, 5.74) is -0.638. The molecule has 58 heavy (non-hydrogen) atoms. The van der Waals surface area contributed by atoms with Gasteiger partial charge in [-0.2, -0.15) is 58.9 Å². The zero-order valence-electron chi connectivity index (χ0n) is 27.0. The normalized spacial score (nSPS) is 30.9. The number of halogens is 1. The molecule has 338 valence electrons. The molecule has 2 heterocycles. The van der Waals surface area contributed by atoms with Gasteiger partial charge in [-0.1, -0.05) is 12.1 Å². The molecule has 10 atom stereocenters. The van der Waals surface area contributed by atoms with Crippen LogP contribution in [0.25, 0.3) is 0 Å². The average Bonchev–Trinajstić information content (AvgIpc) is 2.98. The Labute approximate surface area is 331 Å². The lowest BCUT2D eigenvalue weighted by Gasteiger charge is -2.51. The summed E-state index contributed by atoms with van der Waals surface area (Å²) in [4.78, 5) is -3.07. The molecule has 7 N–H and O–H groups in total. The van der Waals surface area contributed by atoms with E-state index in [9.17, 15) is 90.6 Å². The summed E-state index contributed by atoms with van der Waals surface area (Å²) in [7, 11) is -41.7. The summed E-state index contributed by atoms with van der Waals surface area (Å²) < 4.78 is 291. The highest BCUT2D eigenvalue weighted by atomic mass is 32.3. The van der Waals surface area contributed by atoms with E-state index in [2.05, 4.69) is 41.9 Å². The van der Waals surface area contributed by atoms with Crippen molar-refractivity contribution in [2.24, 2.45) is 0 Å². The average molecular weight is 1010 g/mol. The molecule has 0 spiro atoms. The van der Waals surface area contributed by atoms with Crippen LogP contribution in [0.4, 0.5) is 4.39 Å². The van der Waals surface area contributed by atoms with Gasteiger partial charge in [-0.05, 0) is 17.7 Å². The summed E-state index contributed by atoms with van der Waals surface area (Å²) in [6.45, 7) is -3.63. The highest BCUT2D eigenvalue weighted by molar-refractivity contribution is 7.82. The molecule has 31 nitrogen and oxygen atoms in total. The minimum Gasteiger partial charge on any atom is -0.349 e. The number of rotatable bonds is 19. The van der Waals surface area contributed by atoms with E-state index in [4.69, 9.17) is 18.8 Å². The molecule has 3 rings (SSSR count). The van der Waals surface area contributed by atoms with Crippen LogP contribution < -0.4 is 0 Å². The predicted molar refractivity (Wildman–Crippen MR) is 173 cm³/mol. The molecule has 2 aliphatic rings. The standard InChI is InChI=1S/C18H25FO31S8/c19-8-3-1-7(2-4-8)18(51)16(50-58(38,39)40)14(48-56(32,33)34)11(10(45-18)6-42-53(23,24)25)44-17-15(49-57(35,36)37)13(47-55(29,30)31)12(46-54(26,27)28)9(43-17)5-41-52(20,21)22/h1-4,9-17,51H,5-6H2,(H,20,21,22)(H,23,24,25)(H,26,27,28)(H,29,30,31)(H,32,33,34)(H,35,36,37)(H,38,39,40)/t9-,10-,11-,12-,13+,14+,15-,16-,17-,18+/m1/s1. The van der Waals surface area contributed by atoms with Gasteiger partial charge in [0.2, 0.25) is 0 Å². The Kier molecular flexibility index (Phi) is 15.8. The maximum Gasteiger partial charge on any atom is 0.397 e. The summed E-state index contributed by atoms with van der Waals surface area (Å²) in [6, 6.07) is 2.60. The van der Waals surface area contributed by atoms with Gasteiger partial charge in [-0.15, -0.1) is 12.6 Å². The fraction of sp³-hybridized carbons (Fsp3) is 0.667. The number of benzene rings is 1. The second-order valence-corrected chi connectivity index (χ2v) is 18.9. The molecule has 40 heteroatoms. The second kappa shape index (κ2) is 18.1. The van der Waals surface area contributed by atoms with E-state index in [-0.39, 0.29) is 0 Å². The molecule has 2 aliphatic heterocycles. The molecular weight excluding hydrogens is 988 g/mol. The van der Waals surface area contributed by atoms with Crippen LogP contribution in [0.15, 0.2) is 24.3 Å². The monoisotopic (exact) mass is 1010 g/mol. The molecule has 0 amide bonds. The first-order valence-electron chi connectivity index (χ1n) is 13.8. The minimum absolute atomic E-state index is 0.606. The number of hydrogen-bond acceptors (Lipinski definition) is 25. The number of ether oxygens (including phenoxy) is 3. The van der Waals surface area contributed by atoms with Crippen LogP contribution in [0, 0.1) is 5.82 Å². The van der Waals surface area contributed by atoms with Crippen LogP contribution in [0.1, 0.15) is 5.56 Å². The molecule has 2 saturated heterocycles. The second-order valence-electron chi connectivity index (χ2n) is 10.8. The Hall–Kier alpha value is -1.53. The molecule has 0 radical (unpaired) electrons. The molecule has 0 saturated carbocycles. The Morgan fingerprint density at radius 3 is 1.36 bits per heavy atom. The van der Waals surface area contributed by atoms with Crippen LogP contribution >= 0.6 is 12.6 Å². The Balaban J connectivity index is 2.43. The summed E-state index contributed by atoms with van der Waals surface area (Å²) in [5.74, 6) is -1.04. The van der Waals surface area contributed by atoms with E-state index in [0.717, 1.165) is 0 Å². The maximum absolute atomic E-state index is 13.9. The van der Waals surface area contributed by atoms with Gasteiger partial charge in [-0.3, -0.25) is 31.9 Å². The largest absolute Gasteiger partial charge is 0.397 e. The third kappa shape index (κ3) is 16.1. The fourth-order valence-electron chi connectivity index (χ4n) is 5.02. The Morgan fingerprint density at radius 2 is 0.931 bits per heavy atom. The first-order chi connectivity index (χ1) is 25.8. The third-order valence-electron chi connectivity index (χ3n) is 6.76. The molecule has 2 fully saturated rings. The van der Waals surface area contributed by atoms with Crippen molar-refractivity contribution in [2.75, 3.05) is 13.2 Å². The van der Waals surface area contributed by atoms with Crippen molar-refractivity contribution in [1.82, 2.24) is 0 Å². The zero-order valence-corrected chi connectivity index (χ0v) is 33.6. The summed E-state index contributed by atoms with van der Waals surface area (Å²) in [5, 5.41) is 0. The lowest BCUT2D eigenvalue weighted by atomic mass is 9.90. The molecule has 1 aromatic rings. The van der Waals surface area contributed by atoms with Crippen molar-refractivity contribution in [2.45, 2.75) is 60.1 Å². The molecule has 0 aliphatic carbocycles. The van der Waals surface area contributed by atoms with Crippen LogP contribution in [0.3, 0.4) is 0 Å². The van der Waals surface area contributed by atoms with E-state index in [1.54, 1.807) is 0 Å². The smallest absolute Gasteiger partial charge is 0.349 e. The molecule has 0 aromatic heterocycles. The van der Waals surface area contributed by atoms with Crippen molar-refractivity contribution in [3.05, 3.63) is 35.6 Å². The van der Waals surface area contributed by atoms with Crippen LogP contribution in [-0.2, 0) is 121 Å². The van der Waals surface area contributed by atoms with E-state index in [0.29, 0.717) is 24.3 Å². The number of hydrogen-bond donors (Lipinski definition) is 8. The topological polar surface area (TPSA) is 473 Å². The first kappa shape index (κ1) is 50.8. The van der Waals surface area contributed by atoms with Gasteiger partial charge in [0.25, 0.3) is 0 Å². The molecule has 0 unspecified atom stereocenters. The third-order valence-corrected chi connectivity index (χ3v) is 10.6.